The highest BCUT2D eigenvalue weighted by Gasteiger charge is 2.24. The van der Waals surface area contributed by atoms with Crippen molar-refractivity contribution in [3.05, 3.63) is 77.9 Å². The lowest BCUT2D eigenvalue weighted by Crippen LogP contribution is -2.27. The van der Waals surface area contributed by atoms with Crippen molar-refractivity contribution in [1.29, 1.82) is 0 Å². The molecule has 214 valence electrons. The van der Waals surface area contributed by atoms with Gasteiger partial charge in [-0.05, 0) is 50.5 Å². The molecule has 1 saturated heterocycles. The van der Waals surface area contributed by atoms with Crippen molar-refractivity contribution in [2.75, 3.05) is 19.8 Å². The van der Waals surface area contributed by atoms with Crippen LogP contribution in [0.2, 0.25) is 5.02 Å². The number of hydrogen-bond donors (Lipinski definition) is 0. The summed E-state index contributed by atoms with van der Waals surface area (Å²) in [7, 11) is 0. The first-order chi connectivity index (χ1) is 18.9. The standard InChI is InChI=1S/C27H31ClO6.C3H6.C2H6/c1-19(2)26(30)34-23-11-8-21(9-12-23)24-13-10-22(15-25(24)28)27-32-16-20(17-33-27)7-5-3-4-6-14-31-18-29;1-3-2;1-2/h8-13,15,18,20,27H,1,3-7,14,16-17H2,2H3;3H,1H2,2H3;1-2H3. The molecule has 1 aliphatic rings. The summed E-state index contributed by atoms with van der Waals surface area (Å²) in [6.07, 6.45) is 6.55. The minimum atomic E-state index is -0.453. The van der Waals surface area contributed by atoms with Crippen LogP contribution in [0.25, 0.3) is 11.1 Å². The molecule has 0 radical (unpaired) electrons. The summed E-state index contributed by atoms with van der Waals surface area (Å²) >= 11 is 6.57. The molecule has 0 spiro atoms. The third-order valence-corrected chi connectivity index (χ3v) is 5.96. The first-order valence-electron chi connectivity index (χ1n) is 13.5. The average Bonchev–Trinajstić information content (AvgIpc) is 2.95. The first kappa shape index (κ1) is 34.1. The van der Waals surface area contributed by atoms with Gasteiger partial charge in [-0.3, -0.25) is 4.79 Å². The minimum absolute atomic E-state index is 0.346. The van der Waals surface area contributed by atoms with Crippen molar-refractivity contribution in [2.45, 2.75) is 66.1 Å². The second-order valence-electron chi connectivity index (χ2n) is 8.88. The highest BCUT2D eigenvalue weighted by atomic mass is 35.5. The van der Waals surface area contributed by atoms with Crippen molar-refractivity contribution in [2.24, 2.45) is 5.92 Å². The van der Waals surface area contributed by atoms with Crippen LogP contribution in [0.1, 0.15) is 71.7 Å². The van der Waals surface area contributed by atoms with Crippen LogP contribution in [0.3, 0.4) is 0 Å². The summed E-state index contributed by atoms with van der Waals surface area (Å²) in [5.41, 5.74) is 3.01. The van der Waals surface area contributed by atoms with Crippen LogP contribution in [0.5, 0.6) is 5.75 Å². The number of unbranched alkanes of at least 4 members (excludes halogenated alkanes) is 3. The van der Waals surface area contributed by atoms with Gasteiger partial charge in [-0.15, -0.1) is 6.58 Å². The van der Waals surface area contributed by atoms with Gasteiger partial charge in [-0.2, -0.15) is 0 Å². The smallest absolute Gasteiger partial charge is 0.338 e. The number of rotatable bonds is 12. The lowest BCUT2D eigenvalue weighted by Gasteiger charge is -2.30. The van der Waals surface area contributed by atoms with Gasteiger partial charge < -0.3 is 18.9 Å². The lowest BCUT2D eigenvalue weighted by atomic mass is 10.0. The molecule has 0 N–H and O–H groups in total. The quantitative estimate of drug-likeness (QED) is 0.0649. The topological polar surface area (TPSA) is 71.1 Å². The molecular weight excluding hydrogens is 516 g/mol. The van der Waals surface area contributed by atoms with Gasteiger partial charge in [0.15, 0.2) is 6.29 Å². The van der Waals surface area contributed by atoms with Gasteiger partial charge in [0.2, 0.25) is 0 Å². The molecular formula is C32H43ClO6. The van der Waals surface area contributed by atoms with E-state index in [1.165, 1.54) is 0 Å². The molecule has 1 heterocycles. The van der Waals surface area contributed by atoms with E-state index in [1.54, 1.807) is 25.1 Å². The van der Waals surface area contributed by atoms with Gasteiger partial charge in [0, 0.05) is 27.6 Å². The van der Waals surface area contributed by atoms with Gasteiger partial charge >= 0.3 is 5.97 Å². The predicted octanol–water partition coefficient (Wildman–Crippen LogP) is 8.49. The number of carbonyl (C=O) groups is 2. The number of ether oxygens (including phenoxy) is 4. The molecule has 39 heavy (non-hydrogen) atoms. The maximum atomic E-state index is 11.7. The molecule has 0 aromatic heterocycles. The van der Waals surface area contributed by atoms with Crippen LogP contribution < -0.4 is 4.74 Å². The zero-order chi connectivity index (χ0) is 29.0. The molecule has 6 nitrogen and oxygen atoms in total. The van der Waals surface area contributed by atoms with E-state index < -0.39 is 12.3 Å². The predicted molar refractivity (Wildman–Crippen MR) is 158 cm³/mol. The Bertz CT molecular complexity index is 1010. The highest BCUT2D eigenvalue weighted by molar-refractivity contribution is 6.33. The van der Waals surface area contributed by atoms with E-state index in [0.29, 0.717) is 48.6 Å². The fraction of sp³-hybridized carbons (Fsp3) is 0.438. The van der Waals surface area contributed by atoms with Gasteiger partial charge in [0.1, 0.15) is 5.75 Å². The van der Waals surface area contributed by atoms with Crippen molar-refractivity contribution >= 4 is 24.0 Å². The van der Waals surface area contributed by atoms with Gasteiger partial charge in [-0.25, -0.2) is 4.79 Å². The third-order valence-electron chi connectivity index (χ3n) is 5.65. The maximum Gasteiger partial charge on any atom is 0.338 e. The molecule has 0 amide bonds. The van der Waals surface area contributed by atoms with Gasteiger partial charge in [0.25, 0.3) is 6.47 Å². The Labute approximate surface area is 238 Å². The van der Waals surface area contributed by atoms with E-state index in [-0.39, 0.29) is 0 Å². The van der Waals surface area contributed by atoms with E-state index >= 15 is 0 Å². The summed E-state index contributed by atoms with van der Waals surface area (Å²) in [5, 5.41) is 0.595. The van der Waals surface area contributed by atoms with Crippen molar-refractivity contribution < 1.29 is 28.5 Å². The Morgan fingerprint density at radius 3 is 2.23 bits per heavy atom. The molecule has 2 aromatic carbocycles. The summed E-state index contributed by atoms with van der Waals surface area (Å²) in [6.45, 7) is 16.7. The Kier molecular flexibility index (Phi) is 17.5. The Morgan fingerprint density at radius 1 is 1.05 bits per heavy atom. The molecule has 2 aromatic rings. The number of hydrogen-bond acceptors (Lipinski definition) is 6. The SMILES string of the molecule is C=C(C)C(=O)Oc1ccc(-c2ccc(C3OCC(CCCCCCOC=O)CO3)cc2Cl)cc1.C=CC.CC. The number of allylic oxidation sites excluding steroid dienone is 1. The monoisotopic (exact) mass is 558 g/mol. The number of esters is 1. The largest absolute Gasteiger partial charge is 0.468 e. The molecule has 1 fully saturated rings. The minimum Gasteiger partial charge on any atom is -0.468 e. The number of carbonyl (C=O) groups excluding carboxylic acids is 2. The molecule has 7 heteroatoms. The van der Waals surface area contributed by atoms with Crippen molar-refractivity contribution in [1.82, 2.24) is 0 Å². The number of halogens is 1. The summed E-state index contributed by atoms with van der Waals surface area (Å²) in [4.78, 5) is 21.8. The normalized spacial score (nSPS) is 15.9. The second kappa shape index (κ2) is 20.0. The van der Waals surface area contributed by atoms with Crippen molar-refractivity contribution in [3.63, 3.8) is 0 Å². The van der Waals surface area contributed by atoms with Gasteiger partial charge in [0.05, 0.1) is 19.8 Å². The lowest BCUT2D eigenvalue weighted by molar-refractivity contribution is -0.206. The summed E-state index contributed by atoms with van der Waals surface area (Å²) in [5.74, 6) is 0.385. The summed E-state index contributed by atoms with van der Waals surface area (Å²) in [6, 6.07) is 12.9. The van der Waals surface area contributed by atoms with Crippen molar-refractivity contribution in [3.8, 4) is 16.9 Å². The average molecular weight is 559 g/mol. The molecule has 3 rings (SSSR count). The fourth-order valence-corrected chi connectivity index (χ4v) is 4.03. The van der Waals surface area contributed by atoms with E-state index in [4.69, 9.17) is 30.5 Å². The molecule has 0 atom stereocenters. The zero-order valence-electron chi connectivity index (χ0n) is 23.7. The van der Waals surface area contributed by atoms with E-state index in [1.807, 2.05) is 51.1 Å². The zero-order valence-corrected chi connectivity index (χ0v) is 24.5. The van der Waals surface area contributed by atoms with Crippen LogP contribution in [-0.4, -0.2) is 32.3 Å². The van der Waals surface area contributed by atoms with Crippen LogP contribution in [0.4, 0.5) is 0 Å². The number of benzene rings is 2. The highest BCUT2D eigenvalue weighted by Crippen LogP contribution is 2.34. The Balaban J connectivity index is 0.00000142. The fourth-order valence-electron chi connectivity index (χ4n) is 3.73. The summed E-state index contributed by atoms with van der Waals surface area (Å²) < 4.78 is 21.9. The second-order valence-corrected chi connectivity index (χ2v) is 9.28. The molecule has 1 aliphatic heterocycles. The van der Waals surface area contributed by atoms with Gasteiger partial charge in [-0.1, -0.05) is 81.6 Å². The van der Waals surface area contributed by atoms with Crippen LogP contribution in [-0.2, 0) is 23.8 Å². The van der Waals surface area contributed by atoms with Crippen LogP contribution >= 0.6 is 11.6 Å². The van der Waals surface area contributed by atoms with Crippen LogP contribution in [0, 0.1) is 5.92 Å². The molecule has 0 bridgehead atoms. The van der Waals surface area contributed by atoms with E-state index in [9.17, 15) is 9.59 Å². The van der Waals surface area contributed by atoms with Crippen LogP contribution in [0.15, 0.2) is 67.3 Å². The Morgan fingerprint density at radius 2 is 1.67 bits per heavy atom. The molecule has 0 unspecified atom stereocenters. The van der Waals surface area contributed by atoms with E-state index in [2.05, 4.69) is 13.2 Å². The third kappa shape index (κ3) is 12.6. The maximum absolute atomic E-state index is 11.7. The Hall–Kier alpha value is -2.93. The molecule has 0 aliphatic carbocycles. The molecule has 0 saturated carbocycles. The first-order valence-corrected chi connectivity index (χ1v) is 13.9. The van der Waals surface area contributed by atoms with E-state index in [0.717, 1.165) is 48.8 Å².